The van der Waals surface area contributed by atoms with Gasteiger partial charge in [0.15, 0.2) is 0 Å². The highest BCUT2D eigenvalue weighted by Gasteiger charge is 2.06. The Labute approximate surface area is 146 Å². The molecule has 6 heteroatoms. The number of ether oxygens (including phenoxy) is 2. The first-order chi connectivity index (χ1) is 11.6. The van der Waals surface area contributed by atoms with Crippen LogP contribution in [0.1, 0.15) is 12.5 Å². The minimum atomic E-state index is -0.296. The summed E-state index contributed by atoms with van der Waals surface area (Å²) in [5.41, 5.74) is 1.52. The lowest BCUT2D eigenvalue weighted by Gasteiger charge is -2.11. The molecule has 0 spiro atoms. The number of amides is 2. The molecule has 0 heterocycles. The topological polar surface area (TPSA) is 59.6 Å². The molecule has 2 aromatic rings. The Morgan fingerprint density at radius 1 is 1.08 bits per heavy atom. The number of carbonyl (C=O) groups excluding carboxylic acids is 1. The molecule has 128 valence electrons. The zero-order valence-electron chi connectivity index (χ0n) is 13.8. The highest BCUT2D eigenvalue weighted by molar-refractivity contribution is 6.31. The van der Waals surface area contributed by atoms with E-state index >= 15 is 0 Å². The Bertz CT molecular complexity index is 674. The van der Waals surface area contributed by atoms with Gasteiger partial charge in [-0.1, -0.05) is 17.7 Å². The highest BCUT2D eigenvalue weighted by atomic mass is 35.5. The summed E-state index contributed by atoms with van der Waals surface area (Å²) >= 11 is 6.02. The Morgan fingerprint density at radius 2 is 1.75 bits per heavy atom. The van der Waals surface area contributed by atoms with E-state index in [1.54, 1.807) is 18.2 Å². The van der Waals surface area contributed by atoms with E-state index in [1.807, 2.05) is 38.1 Å². The number of anilines is 1. The molecule has 0 aromatic heterocycles. The van der Waals surface area contributed by atoms with E-state index in [2.05, 4.69) is 10.6 Å². The lowest BCUT2D eigenvalue weighted by molar-refractivity contribution is 0.247. The third-order valence-electron chi connectivity index (χ3n) is 3.31. The van der Waals surface area contributed by atoms with Crippen molar-refractivity contribution >= 4 is 23.3 Å². The monoisotopic (exact) mass is 348 g/mol. The van der Waals surface area contributed by atoms with E-state index in [0.717, 1.165) is 17.1 Å². The fraction of sp³-hybridized carbons (Fsp3) is 0.278. The number of nitrogens with one attached hydrogen (secondary N) is 2. The first kappa shape index (κ1) is 17.9. The summed E-state index contributed by atoms with van der Waals surface area (Å²) in [4.78, 5) is 11.9. The van der Waals surface area contributed by atoms with Crippen LogP contribution in [0.3, 0.4) is 0 Å². The van der Waals surface area contributed by atoms with E-state index in [1.165, 1.54) is 0 Å². The first-order valence-electron chi connectivity index (χ1n) is 7.75. The minimum absolute atomic E-state index is 0.296. The molecule has 0 radical (unpaired) electrons. The van der Waals surface area contributed by atoms with Gasteiger partial charge < -0.3 is 20.1 Å². The van der Waals surface area contributed by atoms with Crippen molar-refractivity contribution in [1.29, 1.82) is 0 Å². The average Bonchev–Trinajstić information content (AvgIpc) is 2.58. The molecular weight excluding hydrogens is 328 g/mol. The fourth-order valence-corrected chi connectivity index (χ4v) is 2.22. The first-order valence-corrected chi connectivity index (χ1v) is 8.13. The molecule has 5 nitrogen and oxygen atoms in total. The van der Waals surface area contributed by atoms with Crippen molar-refractivity contribution in [2.75, 3.05) is 25.1 Å². The van der Waals surface area contributed by atoms with Gasteiger partial charge in [-0.2, -0.15) is 0 Å². The number of carbonyl (C=O) groups is 1. The Balaban J connectivity index is 1.71. The molecule has 0 aliphatic carbocycles. The maximum atomic E-state index is 11.9. The zero-order chi connectivity index (χ0) is 17.4. The summed E-state index contributed by atoms with van der Waals surface area (Å²) < 4.78 is 10.9. The maximum absolute atomic E-state index is 11.9. The van der Waals surface area contributed by atoms with Gasteiger partial charge in [0.2, 0.25) is 0 Å². The molecule has 24 heavy (non-hydrogen) atoms. The Morgan fingerprint density at radius 3 is 2.42 bits per heavy atom. The van der Waals surface area contributed by atoms with Crippen LogP contribution in [0, 0.1) is 6.92 Å². The molecule has 0 aliphatic heterocycles. The molecule has 2 amide bonds. The molecule has 0 bridgehead atoms. The second kappa shape index (κ2) is 9.03. The van der Waals surface area contributed by atoms with Crippen LogP contribution in [-0.2, 0) is 0 Å². The highest BCUT2D eigenvalue weighted by Crippen LogP contribution is 2.22. The second-order valence-corrected chi connectivity index (χ2v) is 5.45. The van der Waals surface area contributed by atoms with Gasteiger partial charge in [0.25, 0.3) is 0 Å². The molecular formula is C18H21ClN2O3. The quantitative estimate of drug-likeness (QED) is 0.735. The van der Waals surface area contributed by atoms with E-state index < -0.39 is 0 Å². The summed E-state index contributed by atoms with van der Waals surface area (Å²) in [6, 6.07) is 12.4. The van der Waals surface area contributed by atoms with E-state index in [9.17, 15) is 4.79 Å². The van der Waals surface area contributed by atoms with Crippen LogP contribution < -0.4 is 20.1 Å². The lowest BCUT2D eigenvalue weighted by Crippen LogP contribution is -2.32. The maximum Gasteiger partial charge on any atom is 0.319 e. The summed E-state index contributed by atoms with van der Waals surface area (Å²) in [7, 11) is 0. The van der Waals surface area contributed by atoms with Crippen molar-refractivity contribution in [2.24, 2.45) is 0 Å². The van der Waals surface area contributed by atoms with Crippen molar-refractivity contribution in [3.05, 3.63) is 53.1 Å². The van der Waals surface area contributed by atoms with Crippen LogP contribution in [0.25, 0.3) is 0 Å². The molecule has 0 saturated heterocycles. The minimum Gasteiger partial charge on any atom is -0.494 e. The van der Waals surface area contributed by atoms with Gasteiger partial charge in [-0.05, 0) is 55.8 Å². The van der Waals surface area contributed by atoms with Gasteiger partial charge in [-0.3, -0.25) is 0 Å². The SMILES string of the molecule is CCOc1ccc(OCCNC(=O)Nc2cccc(Cl)c2C)cc1. The van der Waals surface area contributed by atoms with Gasteiger partial charge in [-0.25, -0.2) is 4.79 Å². The van der Waals surface area contributed by atoms with Crippen LogP contribution in [0.2, 0.25) is 5.02 Å². The number of hydrogen-bond acceptors (Lipinski definition) is 3. The van der Waals surface area contributed by atoms with E-state index in [0.29, 0.717) is 30.5 Å². The number of halogens is 1. The fourth-order valence-electron chi connectivity index (χ4n) is 2.04. The van der Waals surface area contributed by atoms with Gasteiger partial charge >= 0.3 is 6.03 Å². The van der Waals surface area contributed by atoms with Gasteiger partial charge in [0.1, 0.15) is 18.1 Å². The van der Waals surface area contributed by atoms with Gasteiger partial charge in [-0.15, -0.1) is 0 Å². The smallest absolute Gasteiger partial charge is 0.319 e. The predicted molar refractivity (Wildman–Crippen MR) is 96.3 cm³/mol. The van der Waals surface area contributed by atoms with Crippen LogP contribution in [0.15, 0.2) is 42.5 Å². The van der Waals surface area contributed by atoms with E-state index in [4.69, 9.17) is 21.1 Å². The Hall–Kier alpha value is -2.40. The van der Waals surface area contributed by atoms with Crippen LogP contribution >= 0.6 is 11.6 Å². The molecule has 2 N–H and O–H groups in total. The number of benzene rings is 2. The number of urea groups is 1. The van der Waals surface area contributed by atoms with Crippen LogP contribution in [0.4, 0.5) is 10.5 Å². The Kier molecular flexibility index (Phi) is 6.75. The molecule has 0 unspecified atom stereocenters. The molecule has 0 aliphatic rings. The van der Waals surface area contributed by atoms with Crippen molar-refractivity contribution in [3.8, 4) is 11.5 Å². The van der Waals surface area contributed by atoms with Gasteiger partial charge in [0, 0.05) is 10.7 Å². The molecule has 2 rings (SSSR count). The predicted octanol–water partition coefficient (Wildman–Crippen LogP) is 4.25. The zero-order valence-corrected chi connectivity index (χ0v) is 14.5. The van der Waals surface area contributed by atoms with Crippen LogP contribution in [-0.4, -0.2) is 25.8 Å². The van der Waals surface area contributed by atoms with Crippen molar-refractivity contribution in [2.45, 2.75) is 13.8 Å². The molecule has 0 fully saturated rings. The third kappa shape index (κ3) is 5.35. The standard InChI is InChI=1S/C18H21ClN2O3/c1-3-23-14-7-9-15(10-8-14)24-12-11-20-18(22)21-17-6-4-5-16(19)13(17)2/h4-10H,3,11-12H2,1-2H3,(H2,20,21,22). The third-order valence-corrected chi connectivity index (χ3v) is 3.72. The number of hydrogen-bond donors (Lipinski definition) is 2. The second-order valence-electron chi connectivity index (χ2n) is 5.05. The molecule has 0 atom stereocenters. The van der Waals surface area contributed by atoms with Crippen molar-refractivity contribution in [3.63, 3.8) is 0 Å². The summed E-state index contributed by atoms with van der Waals surface area (Å²) in [6.45, 7) is 5.18. The van der Waals surface area contributed by atoms with Crippen LogP contribution in [0.5, 0.6) is 11.5 Å². The average molecular weight is 349 g/mol. The summed E-state index contributed by atoms with van der Waals surface area (Å²) in [5, 5.41) is 6.12. The van der Waals surface area contributed by atoms with E-state index in [-0.39, 0.29) is 6.03 Å². The largest absolute Gasteiger partial charge is 0.494 e. The summed E-state index contributed by atoms with van der Waals surface area (Å²) in [6.07, 6.45) is 0. The van der Waals surface area contributed by atoms with Crippen molar-refractivity contribution in [1.82, 2.24) is 5.32 Å². The van der Waals surface area contributed by atoms with Gasteiger partial charge in [0.05, 0.1) is 13.2 Å². The van der Waals surface area contributed by atoms with Crippen molar-refractivity contribution < 1.29 is 14.3 Å². The molecule has 0 saturated carbocycles. The normalized spacial score (nSPS) is 10.1. The summed E-state index contributed by atoms with van der Waals surface area (Å²) in [5.74, 6) is 1.53. The lowest BCUT2D eigenvalue weighted by atomic mass is 10.2. The molecule has 2 aromatic carbocycles. The number of rotatable bonds is 7.